The van der Waals surface area contributed by atoms with Crippen LogP contribution in [-0.4, -0.2) is 35.6 Å². The lowest BCUT2D eigenvalue weighted by Gasteiger charge is -2.21. The normalized spacial score (nSPS) is 22.0. The summed E-state index contributed by atoms with van der Waals surface area (Å²) < 4.78 is 5.15. The average molecular weight is 326 g/mol. The second-order valence-electron chi connectivity index (χ2n) is 5.61. The quantitative estimate of drug-likeness (QED) is 0.842. The third-order valence-corrected chi connectivity index (χ3v) is 6.31. The first-order valence-electron chi connectivity index (χ1n) is 7.75. The van der Waals surface area contributed by atoms with E-state index in [1.54, 1.807) is 11.3 Å². The third kappa shape index (κ3) is 3.54. The van der Waals surface area contributed by atoms with E-state index in [1.165, 1.54) is 29.2 Å². The molecule has 1 saturated heterocycles. The third-order valence-electron chi connectivity index (χ3n) is 4.17. The van der Waals surface area contributed by atoms with Gasteiger partial charge >= 0.3 is 5.97 Å². The van der Waals surface area contributed by atoms with Crippen LogP contribution >= 0.6 is 23.1 Å². The zero-order chi connectivity index (χ0) is 14.7. The molecule has 1 atom stereocenters. The maximum atomic E-state index is 11.9. The van der Waals surface area contributed by atoms with Crippen LogP contribution in [0.2, 0.25) is 0 Å². The summed E-state index contributed by atoms with van der Waals surface area (Å²) >= 11 is 3.77. The molecule has 4 nitrogen and oxygen atoms in total. The fourth-order valence-corrected chi connectivity index (χ4v) is 5.21. The van der Waals surface area contributed by atoms with Crippen molar-refractivity contribution in [2.45, 2.75) is 38.5 Å². The first-order chi connectivity index (χ1) is 10.3. The maximum absolute atomic E-state index is 11.9. The summed E-state index contributed by atoms with van der Waals surface area (Å²) in [5, 5.41) is 4.46. The van der Waals surface area contributed by atoms with Crippen molar-refractivity contribution < 1.29 is 9.53 Å². The lowest BCUT2D eigenvalue weighted by molar-refractivity contribution is -0.145. The van der Waals surface area contributed by atoms with Gasteiger partial charge in [-0.05, 0) is 50.0 Å². The van der Waals surface area contributed by atoms with Gasteiger partial charge in [0, 0.05) is 11.4 Å². The summed E-state index contributed by atoms with van der Waals surface area (Å²) in [6.07, 6.45) is 4.41. The van der Waals surface area contributed by atoms with Gasteiger partial charge in [-0.15, -0.1) is 11.3 Å². The first kappa shape index (κ1) is 15.2. The number of carbonyl (C=O) groups excluding carboxylic acids is 1. The minimum atomic E-state index is -0.141. The number of ether oxygens (including phenoxy) is 1. The summed E-state index contributed by atoms with van der Waals surface area (Å²) in [4.78, 5) is 17.9. The predicted molar refractivity (Wildman–Crippen MR) is 88.3 cm³/mol. The van der Waals surface area contributed by atoms with E-state index in [1.807, 2.05) is 6.92 Å². The van der Waals surface area contributed by atoms with Gasteiger partial charge in [0.2, 0.25) is 0 Å². The molecule has 1 aromatic rings. The van der Waals surface area contributed by atoms with Crippen molar-refractivity contribution in [3.63, 3.8) is 0 Å². The van der Waals surface area contributed by atoms with Gasteiger partial charge in [-0.1, -0.05) is 0 Å². The number of hydrogen-bond donors (Lipinski definition) is 1. The van der Waals surface area contributed by atoms with Crippen molar-refractivity contribution in [1.82, 2.24) is 4.98 Å². The Bertz CT molecular complexity index is 498. The van der Waals surface area contributed by atoms with Crippen molar-refractivity contribution in [2.24, 2.45) is 5.92 Å². The van der Waals surface area contributed by atoms with E-state index in [0.29, 0.717) is 6.61 Å². The van der Waals surface area contributed by atoms with Crippen LogP contribution in [-0.2, 0) is 16.0 Å². The summed E-state index contributed by atoms with van der Waals surface area (Å²) in [6, 6.07) is 0. The monoisotopic (exact) mass is 326 g/mol. The molecule has 1 fully saturated rings. The SMILES string of the molecule is CCOC(=O)C1CCc2sc(NCC3CCSCC3)nc21. The van der Waals surface area contributed by atoms with Gasteiger partial charge in [0.1, 0.15) is 5.92 Å². The van der Waals surface area contributed by atoms with Crippen LogP contribution in [0, 0.1) is 5.92 Å². The highest BCUT2D eigenvalue weighted by Crippen LogP contribution is 2.39. The highest BCUT2D eigenvalue weighted by molar-refractivity contribution is 7.99. The molecule has 1 N–H and O–H groups in total. The predicted octanol–water partition coefficient (Wildman–Crippen LogP) is 3.29. The highest BCUT2D eigenvalue weighted by atomic mass is 32.2. The smallest absolute Gasteiger partial charge is 0.315 e. The lowest BCUT2D eigenvalue weighted by Crippen LogP contribution is -2.19. The van der Waals surface area contributed by atoms with Gasteiger partial charge in [0.05, 0.1) is 12.3 Å². The molecule has 6 heteroatoms. The standard InChI is InChI=1S/C15H22N2O2S2/c1-2-19-14(18)11-3-4-12-13(11)17-15(21-12)16-9-10-5-7-20-8-6-10/h10-11H,2-9H2,1H3,(H,16,17). The summed E-state index contributed by atoms with van der Waals surface area (Å²) in [5.74, 6) is 3.08. The Morgan fingerprint density at radius 2 is 2.19 bits per heavy atom. The molecule has 0 aromatic carbocycles. The van der Waals surface area contributed by atoms with Crippen LogP contribution in [0.25, 0.3) is 0 Å². The highest BCUT2D eigenvalue weighted by Gasteiger charge is 2.33. The summed E-state index contributed by atoms with van der Waals surface area (Å²) in [6.45, 7) is 3.31. The van der Waals surface area contributed by atoms with Crippen molar-refractivity contribution in [3.8, 4) is 0 Å². The Labute approximate surface area is 134 Å². The Hall–Kier alpha value is -0.750. The summed E-state index contributed by atoms with van der Waals surface area (Å²) in [5.41, 5.74) is 0.958. The van der Waals surface area contributed by atoms with E-state index < -0.39 is 0 Å². The van der Waals surface area contributed by atoms with E-state index in [2.05, 4.69) is 22.1 Å². The topological polar surface area (TPSA) is 51.2 Å². The minimum absolute atomic E-state index is 0.114. The van der Waals surface area contributed by atoms with Gasteiger partial charge in [-0.2, -0.15) is 11.8 Å². The molecule has 0 spiro atoms. The van der Waals surface area contributed by atoms with E-state index in [4.69, 9.17) is 4.74 Å². The number of thioether (sulfide) groups is 1. The zero-order valence-electron chi connectivity index (χ0n) is 12.4. The van der Waals surface area contributed by atoms with Crippen LogP contribution < -0.4 is 5.32 Å². The van der Waals surface area contributed by atoms with Crippen LogP contribution in [0.4, 0.5) is 5.13 Å². The number of thiazole rings is 1. The van der Waals surface area contributed by atoms with Gasteiger partial charge in [0.15, 0.2) is 5.13 Å². The number of fused-ring (bicyclic) bond motifs is 1. The van der Waals surface area contributed by atoms with Gasteiger partial charge in [0.25, 0.3) is 0 Å². The van der Waals surface area contributed by atoms with Crippen molar-refractivity contribution in [1.29, 1.82) is 0 Å². The van der Waals surface area contributed by atoms with E-state index in [-0.39, 0.29) is 11.9 Å². The molecule has 3 rings (SSSR count). The fourth-order valence-electron chi connectivity index (χ4n) is 2.96. The lowest BCUT2D eigenvalue weighted by atomic mass is 10.0. The number of nitrogens with one attached hydrogen (secondary N) is 1. The maximum Gasteiger partial charge on any atom is 0.315 e. The Kier molecular flexibility index (Phi) is 5.06. The molecule has 0 saturated carbocycles. The molecule has 1 aromatic heterocycles. The average Bonchev–Trinajstić information content (AvgIpc) is 3.06. The number of aromatic nitrogens is 1. The molecule has 0 amide bonds. The Morgan fingerprint density at radius 3 is 2.95 bits per heavy atom. The van der Waals surface area contributed by atoms with Crippen LogP contribution in [0.1, 0.15) is 42.7 Å². The zero-order valence-corrected chi connectivity index (χ0v) is 14.0. The van der Waals surface area contributed by atoms with E-state index in [9.17, 15) is 4.79 Å². The van der Waals surface area contributed by atoms with Crippen LogP contribution in [0.15, 0.2) is 0 Å². The second kappa shape index (κ2) is 7.01. The van der Waals surface area contributed by atoms with Gasteiger partial charge in [-0.3, -0.25) is 4.79 Å². The van der Waals surface area contributed by atoms with E-state index in [0.717, 1.165) is 36.1 Å². The number of anilines is 1. The molecule has 2 aliphatic rings. The molecule has 1 aliphatic heterocycles. The molecule has 0 bridgehead atoms. The molecule has 116 valence electrons. The van der Waals surface area contributed by atoms with Crippen LogP contribution in [0.5, 0.6) is 0 Å². The Morgan fingerprint density at radius 1 is 1.38 bits per heavy atom. The number of esters is 1. The summed E-state index contributed by atoms with van der Waals surface area (Å²) in [7, 11) is 0. The number of rotatable bonds is 5. The molecule has 0 radical (unpaired) electrons. The molecule has 1 unspecified atom stereocenters. The largest absolute Gasteiger partial charge is 0.465 e. The Balaban J connectivity index is 1.59. The fraction of sp³-hybridized carbons (Fsp3) is 0.733. The van der Waals surface area contributed by atoms with Gasteiger partial charge in [-0.25, -0.2) is 4.98 Å². The molecule has 21 heavy (non-hydrogen) atoms. The second-order valence-corrected chi connectivity index (χ2v) is 7.92. The molecular weight excluding hydrogens is 304 g/mol. The van der Waals surface area contributed by atoms with E-state index >= 15 is 0 Å². The first-order valence-corrected chi connectivity index (χ1v) is 9.73. The van der Waals surface area contributed by atoms with Crippen LogP contribution in [0.3, 0.4) is 0 Å². The number of carbonyl (C=O) groups is 1. The van der Waals surface area contributed by atoms with Crippen molar-refractivity contribution in [2.75, 3.05) is 30.0 Å². The number of hydrogen-bond acceptors (Lipinski definition) is 6. The minimum Gasteiger partial charge on any atom is -0.465 e. The number of nitrogens with zero attached hydrogens (tertiary/aromatic N) is 1. The number of aryl methyl sites for hydroxylation is 1. The molecule has 2 heterocycles. The van der Waals surface area contributed by atoms with Gasteiger partial charge < -0.3 is 10.1 Å². The molecule has 1 aliphatic carbocycles. The molecular formula is C15H22N2O2S2. The van der Waals surface area contributed by atoms with Crippen molar-refractivity contribution >= 4 is 34.2 Å². The van der Waals surface area contributed by atoms with Crippen molar-refractivity contribution in [3.05, 3.63) is 10.6 Å².